The van der Waals surface area contributed by atoms with Crippen molar-refractivity contribution < 1.29 is 4.79 Å². The van der Waals surface area contributed by atoms with Gasteiger partial charge in [0.15, 0.2) is 0 Å². The van der Waals surface area contributed by atoms with Gasteiger partial charge in [0.2, 0.25) is 5.91 Å². The van der Waals surface area contributed by atoms with Gasteiger partial charge in [-0.2, -0.15) is 0 Å². The molecule has 1 saturated heterocycles. The molecule has 1 amide bonds. The maximum atomic E-state index is 11.5. The summed E-state index contributed by atoms with van der Waals surface area (Å²) in [5, 5.41) is 6.51. The van der Waals surface area contributed by atoms with Crippen LogP contribution in [0.5, 0.6) is 0 Å². The second-order valence-corrected chi connectivity index (χ2v) is 5.14. The summed E-state index contributed by atoms with van der Waals surface area (Å²) in [6.45, 7) is 5.12. The van der Waals surface area contributed by atoms with Crippen LogP contribution in [0.1, 0.15) is 43.4 Å². The molecule has 0 aromatic heterocycles. The third kappa shape index (κ3) is 3.33. The zero-order chi connectivity index (χ0) is 13.0. The number of amides is 1. The van der Waals surface area contributed by atoms with Crippen molar-refractivity contribution in [1.82, 2.24) is 10.6 Å². The van der Waals surface area contributed by atoms with Crippen molar-refractivity contribution in [3.63, 3.8) is 0 Å². The Morgan fingerprint density at radius 1 is 1.39 bits per heavy atom. The molecule has 1 aliphatic rings. The fourth-order valence-electron chi connectivity index (χ4n) is 2.63. The molecule has 1 fully saturated rings. The molecule has 98 valence electrons. The standard InChI is InChI=1S/C15H22N2O/c1-11-6-3-4-8-14(11)12(2)17-13-7-5-9-16-15(18)10-13/h3-4,6,8,12-13,17H,5,7,9-10H2,1-2H3,(H,16,18)/t12-,13?/m1/s1. The zero-order valence-corrected chi connectivity index (χ0v) is 11.2. The third-order valence-electron chi connectivity index (χ3n) is 3.62. The number of hydrogen-bond donors (Lipinski definition) is 2. The fraction of sp³-hybridized carbons (Fsp3) is 0.533. The number of carbonyl (C=O) groups is 1. The summed E-state index contributed by atoms with van der Waals surface area (Å²) >= 11 is 0. The molecule has 0 bridgehead atoms. The molecule has 2 atom stereocenters. The molecule has 1 aliphatic heterocycles. The van der Waals surface area contributed by atoms with Gasteiger partial charge in [-0.05, 0) is 37.8 Å². The first-order chi connectivity index (χ1) is 8.66. The first-order valence-corrected chi connectivity index (χ1v) is 6.75. The highest BCUT2D eigenvalue weighted by Crippen LogP contribution is 2.19. The van der Waals surface area contributed by atoms with Crippen molar-refractivity contribution in [3.8, 4) is 0 Å². The van der Waals surface area contributed by atoms with E-state index in [0.717, 1.165) is 19.4 Å². The van der Waals surface area contributed by atoms with E-state index >= 15 is 0 Å². The van der Waals surface area contributed by atoms with E-state index in [2.05, 4.69) is 48.7 Å². The van der Waals surface area contributed by atoms with Crippen molar-refractivity contribution in [2.24, 2.45) is 0 Å². The summed E-state index contributed by atoms with van der Waals surface area (Å²) in [7, 11) is 0. The molecule has 1 aromatic carbocycles. The van der Waals surface area contributed by atoms with Crippen molar-refractivity contribution in [2.45, 2.75) is 45.2 Å². The van der Waals surface area contributed by atoms with Crippen LogP contribution in [0.4, 0.5) is 0 Å². The summed E-state index contributed by atoms with van der Waals surface area (Å²) in [6, 6.07) is 9.01. The van der Waals surface area contributed by atoms with E-state index in [9.17, 15) is 4.79 Å². The maximum absolute atomic E-state index is 11.5. The zero-order valence-electron chi connectivity index (χ0n) is 11.2. The Kier molecular flexibility index (Phi) is 4.37. The lowest BCUT2D eigenvalue weighted by Crippen LogP contribution is -2.34. The van der Waals surface area contributed by atoms with Crippen LogP contribution in [-0.4, -0.2) is 18.5 Å². The number of nitrogens with one attached hydrogen (secondary N) is 2. The summed E-state index contributed by atoms with van der Waals surface area (Å²) in [5.74, 6) is 0.169. The maximum Gasteiger partial charge on any atom is 0.221 e. The van der Waals surface area contributed by atoms with Crippen LogP contribution in [0.25, 0.3) is 0 Å². The van der Waals surface area contributed by atoms with Crippen molar-refractivity contribution in [1.29, 1.82) is 0 Å². The van der Waals surface area contributed by atoms with Gasteiger partial charge in [0, 0.05) is 25.0 Å². The number of rotatable bonds is 3. The van der Waals surface area contributed by atoms with E-state index in [4.69, 9.17) is 0 Å². The molecule has 1 unspecified atom stereocenters. The topological polar surface area (TPSA) is 41.1 Å². The van der Waals surface area contributed by atoms with E-state index < -0.39 is 0 Å². The van der Waals surface area contributed by atoms with Crippen molar-refractivity contribution in [3.05, 3.63) is 35.4 Å². The van der Waals surface area contributed by atoms with Gasteiger partial charge in [0.25, 0.3) is 0 Å². The fourth-order valence-corrected chi connectivity index (χ4v) is 2.63. The minimum atomic E-state index is 0.169. The first kappa shape index (κ1) is 13.1. The lowest BCUT2D eigenvalue weighted by molar-refractivity contribution is -0.121. The second kappa shape index (κ2) is 6.01. The molecular weight excluding hydrogens is 224 g/mol. The predicted octanol–water partition coefficient (Wildman–Crippen LogP) is 2.31. The van der Waals surface area contributed by atoms with Gasteiger partial charge in [-0.15, -0.1) is 0 Å². The van der Waals surface area contributed by atoms with E-state index in [1.807, 2.05) is 0 Å². The summed E-state index contributed by atoms with van der Waals surface area (Å²) < 4.78 is 0. The normalized spacial score (nSPS) is 22.1. The Morgan fingerprint density at radius 2 is 2.17 bits per heavy atom. The molecule has 0 saturated carbocycles. The lowest BCUT2D eigenvalue weighted by atomic mass is 10.0. The summed E-state index contributed by atoms with van der Waals surface area (Å²) in [5.41, 5.74) is 2.62. The summed E-state index contributed by atoms with van der Waals surface area (Å²) in [6.07, 6.45) is 2.72. The number of carbonyl (C=O) groups excluding carboxylic acids is 1. The monoisotopic (exact) mass is 246 g/mol. The average Bonchev–Trinajstić information content (AvgIpc) is 2.54. The second-order valence-electron chi connectivity index (χ2n) is 5.14. The van der Waals surface area contributed by atoms with Gasteiger partial charge < -0.3 is 10.6 Å². The molecule has 2 rings (SSSR count). The smallest absolute Gasteiger partial charge is 0.221 e. The largest absolute Gasteiger partial charge is 0.356 e. The van der Waals surface area contributed by atoms with Gasteiger partial charge in [-0.25, -0.2) is 0 Å². The van der Waals surface area contributed by atoms with Crippen molar-refractivity contribution in [2.75, 3.05) is 6.54 Å². The van der Waals surface area contributed by atoms with Crippen LogP contribution in [0.3, 0.4) is 0 Å². The Balaban J connectivity index is 2.00. The van der Waals surface area contributed by atoms with Crippen LogP contribution >= 0.6 is 0 Å². The highest BCUT2D eigenvalue weighted by Gasteiger charge is 2.19. The molecule has 1 heterocycles. The van der Waals surface area contributed by atoms with Crippen LogP contribution in [0.15, 0.2) is 24.3 Å². The average molecular weight is 246 g/mol. The Hall–Kier alpha value is -1.35. The number of aryl methyl sites for hydroxylation is 1. The van der Waals surface area contributed by atoms with Crippen LogP contribution in [-0.2, 0) is 4.79 Å². The van der Waals surface area contributed by atoms with E-state index in [1.165, 1.54) is 11.1 Å². The summed E-state index contributed by atoms with van der Waals surface area (Å²) in [4.78, 5) is 11.5. The van der Waals surface area contributed by atoms with Crippen LogP contribution in [0.2, 0.25) is 0 Å². The van der Waals surface area contributed by atoms with Crippen molar-refractivity contribution >= 4 is 5.91 Å². The van der Waals surface area contributed by atoms with E-state index in [-0.39, 0.29) is 5.91 Å². The van der Waals surface area contributed by atoms with Crippen LogP contribution < -0.4 is 10.6 Å². The molecule has 1 aromatic rings. The van der Waals surface area contributed by atoms with Gasteiger partial charge in [-0.1, -0.05) is 24.3 Å². The molecule has 2 N–H and O–H groups in total. The Morgan fingerprint density at radius 3 is 2.94 bits per heavy atom. The predicted molar refractivity (Wildman–Crippen MR) is 73.4 cm³/mol. The molecule has 0 spiro atoms. The number of hydrogen-bond acceptors (Lipinski definition) is 2. The molecule has 0 radical (unpaired) electrons. The highest BCUT2D eigenvalue weighted by atomic mass is 16.1. The number of benzene rings is 1. The Bertz CT molecular complexity index is 417. The highest BCUT2D eigenvalue weighted by molar-refractivity contribution is 5.76. The molecule has 3 nitrogen and oxygen atoms in total. The van der Waals surface area contributed by atoms with Gasteiger partial charge in [-0.3, -0.25) is 4.79 Å². The van der Waals surface area contributed by atoms with E-state index in [1.54, 1.807) is 0 Å². The third-order valence-corrected chi connectivity index (χ3v) is 3.62. The van der Waals surface area contributed by atoms with Gasteiger partial charge >= 0.3 is 0 Å². The first-order valence-electron chi connectivity index (χ1n) is 6.75. The Labute approximate surface area is 109 Å². The minimum Gasteiger partial charge on any atom is -0.356 e. The van der Waals surface area contributed by atoms with E-state index in [0.29, 0.717) is 18.5 Å². The molecule has 0 aliphatic carbocycles. The SMILES string of the molecule is Cc1ccccc1[C@@H](C)NC1CCCNC(=O)C1. The van der Waals surface area contributed by atoms with Gasteiger partial charge in [0.1, 0.15) is 0 Å². The minimum absolute atomic E-state index is 0.169. The van der Waals surface area contributed by atoms with Gasteiger partial charge in [0.05, 0.1) is 0 Å². The quantitative estimate of drug-likeness (QED) is 0.859. The van der Waals surface area contributed by atoms with Crippen LogP contribution in [0, 0.1) is 6.92 Å². The molecular formula is C15H22N2O. The molecule has 18 heavy (non-hydrogen) atoms. The lowest BCUT2D eigenvalue weighted by Gasteiger charge is -2.22. The molecule has 3 heteroatoms.